The van der Waals surface area contributed by atoms with Gasteiger partial charge in [0, 0.05) is 28.2 Å². The van der Waals surface area contributed by atoms with E-state index >= 15 is 0 Å². The van der Waals surface area contributed by atoms with Crippen molar-refractivity contribution in [2.75, 3.05) is 0 Å². The summed E-state index contributed by atoms with van der Waals surface area (Å²) in [5, 5.41) is 0.788. The van der Waals surface area contributed by atoms with Gasteiger partial charge in [-0.3, -0.25) is 20.4 Å². The Morgan fingerprint density at radius 2 is 1.41 bits per heavy atom. The molecule has 0 radical (unpaired) electrons. The fourth-order valence-corrected chi connectivity index (χ4v) is 3.05. The molecule has 2 amide bonds. The fourth-order valence-electron chi connectivity index (χ4n) is 3.05. The molecule has 0 saturated carbocycles. The number of benzene rings is 3. The van der Waals surface area contributed by atoms with Gasteiger partial charge >= 0.3 is 0 Å². The van der Waals surface area contributed by atoms with Gasteiger partial charge in [0.05, 0.1) is 5.56 Å². The molecule has 1 aromatic heterocycles. The third-order valence-electron chi connectivity index (χ3n) is 4.52. The Morgan fingerprint density at radius 1 is 0.759 bits per heavy atom. The van der Waals surface area contributed by atoms with Crippen LogP contribution < -0.4 is 15.6 Å². The van der Waals surface area contributed by atoms with Crippen molar-refractivity contribution in [1.82, 2.24) is 15.8 Å². The summed E-state index contributed by atoms with van der Waals surface area (Å²) in [5.74, 6) is -0.0883. The summed E-state index contributed by atoms with van der Waals surface area (Å²) in [6.07, 6.45) is 1.62. The maximum atomic E-state index is 12.6. The number of aromatic amines is 1. The number of fused-ring (bicyclic) bond motifs is 1. The van der Waals surface area contributed by atoms with Gasteiger partial charge in [-0.25, -0.2) is 0 Å². The molecule has 6 heteroatoms. The van der Waals surface area contributed by atoms with Crippen LogP contribution in [0.15, 0.2) is 85.1 Å². The average Bonchev–Trinajstić information content (AvgIpc) is 3.21. The Hall–Kier alpha value is -4.06. The number of nitrogens with one attached hydrogen (secondary N) is 3. The van der Waals surface area contributed by atoms with Crippen LogP contribution in [-0.2, 0) is 6.61 Å². The molecule has 0 saturated heterocycles. The zero-order valence-electron chi connectivity index (χ0n) is 15.5. The number of rotatable bonds is 5. The Kier molecular flexibility index (Phi) is 5.25. The summed E-state index contributed by atoms with van der Waals surface area (Å²) < 4.78 is 5.74. The molecule has 0 aliphatic rings. The lowest BCUT2D eigenvalue weighted by atomic mass is 10.1. The minimum atomic E-state index is -0.412. The van der Waals surface area contributed by atoms with E-state index in [-0.39, 0.29) is 6.61 Å². The number of amides is 2. The molecule has 1 heterocycles. The topological polar surface area (TPSA) is 83.2 Å². The zero-order valence-corrected chi connectivity index (χ0v) is 15.5. The van der Waals surface area contributed by atoms with E-state index in [0.717, 1.165) is 22.2 Å². The summed E-state index contributed by atoms with van der Waals surface area (Å²) in [6.45, 7) is 0.240. The van der Waals surface area contributed by atoms with E-state index in [4.69, 9.17) is 4.74 Å². The van der Waals surface area contributed by atoms with Gasteiger partial charge in [0.15, 0.2) is 0 Å². The monoisotopic (exact) mass is 385 g/mol. The highest BCUT2D eigenvalue weighted by Gasteiger charge is 2.15. The van der Waals surface area contributed by atoms with Crippen LogP contribution in [0.3, 0.4) is 0 Å². The van der Waals surface area contributed by atoms with Crippen LogP contribution in [0.25, 0.3) is 10.9 Å². The summed E-state index contributed by atoms with van der Waals surface area (Å²) >= 11 is 0. The molecule has 144 valence electrons. The average molecular weight is 385 g/mol. The summed E-state index contributed by atoms with van der Waals surface area (Å²) in [4.78, 5) is 28.1. The van der Waals surface area contributed by atoms with Crippen molar-refractivity contribution in [3.63, 3.8) is 0 Å². The molecule has 0 atom stereocenters. The standard InChI is InChI=1S/C23H19N3O3/c27-22(25-26-23(28)20-14-24-21-13-7-6-12-19(20)21)18-11-5-4-8-16(18)15-29-17-9-2-1-3-10-17/h1-14,24H,15H2,(H,25,27)(H,26,28). The fraction of sp³-hybridized carbons (Fsp3) is 0.0435. The molecular formula is C23H19N3O3. The quantitative estimate of drug-likeness (QED) is 0.457. The number of hydrogen-bond donors (Lipinski definition) is 3. The Morgan fingerprint density at radius 3 is 2.24 bits per heavy atom. The first-order valence-corrected chi connectivity index (χ1v) is 9.15. The van der Waals surface area contributed by atoms with Gasteiger partial charge in [-0.1, -0.05) is 54.6 Å². The van der Waals surface area contributed by atoms with Crippen molar-refractivity contribution in [2.24, 2.45) is 0 Å². The number of aromatic nitrogens is 1. The van der Waals surface area contributed by atoms with Crippen molar-refractivity contribution >= 4 is 22.7 Å². The third-order valence-corrected chi connectivity index (χ3v) is 4.52. The van der Waals surface area contributed by atoms with E-state index in [1.54, 1.807) is 18.3 Å². The number of para-hydroxylation sites is 2. The highest BCUT2D eigenvalue weighted by atomic mass is 16.5. The maximum absolute atomic E-state index is 12.6. The lowest BCUT2D eigenvalue weighted by molar-refractivity contribution is 0.0846. The molecule has 6 nitrogen and oxygen atoms in total. The molecule has 29 heavy (non-hydrogen) atoms. The number of hydrazine groups is 1. The van der Waals surface area contributed by atoms with Gasteiger partial charge < -0.3 is 9.72 Å². The highest BCUT2D eigenvalue weighted by molar-refractivity contribution is 6.07. The van der Waals surface area contributed by atoms with Gasteiger partial charge in [-0.15, -0.1) is 0 Å². The Balaban J connectivity index is 1.43. The highest BCUT2D eigenvalue weighted by Crippen LogP contribution is 2.17. The first-order chi connectivity index (χ1) is 14.2. The lowest BCUT2D eigenvalue weighted by Crippen LogP contribution is -2.42. The van der Waals surface area contributed by atoms with Crippen LogP contribution in [0, 0.1) is 0 Å². The smallest absolute Gasteiger partial charge is 0.271 e. The molecule has 4 aromatic rings. The van der Waals surface area contributed by atoms with Crippen molar-refractivity contribution in [3.8, 4) is 5.75 Å². The minimum Gasteiger partial charge on any atom is -0.489 e. The number of carbonyl (C=O) groups excluding carboxylic acids is 2. The molecule has 0 spiro atoms. The molecule has 3 aromatic carbocycles. The van der Waals surface area contributed by atoms with Crippen LogP contribution >= 0.6 is 0 Å². The second-order valence-corrected chi connectivity index (χ2v) is 6.42. The third kappa shape index (κ3) is 4.11. The summed E-state index contributed by atoms with van der Waals surface area (Å²) in [6, 6.07) is 24.0. The molecule has 3 N–H and O–H groups in total. The molecule has 0 unspecified atom stereocenters. The van der Waals surface area contributed by atoms with Crippen LogP contribution in [-0.4, -0.2) is 16.8 Å². The Bertz CT molecular complexity index is 1150. The number of hydrogen-bond acceptors (Lipinski definition) is 3. The Labute approximate surface area is 167 Å². The maximum Gasteiger partial charge on any atom is 0.271 e. The number of ether oxygens (including phenoxy) is 1. The molecule has 4 rings (SSSR count). The van der Waals surface area contributed by atoms with E-state index in [1.807, 2.05) is 66.7 Å². The largest absolute Gasteiger partial charge is 0.489 e. The van der Waals surface area contributed by atoms with Crippen molar-refractivity contribution in [2.45, 2.75) is 6.61 Å². The molecule has 0 aliphatic carbocycles. The predicted octanol–water partition coefficient (Wildman–Crippen LogP) is 3.82. The van der Waals surface area contributed by atoms with E-state index in [9.17, 15) is 9.59 Å². The minimum absolute atomic E-state index is 0.240. The zero-order chi connectivity index (χ0) is 20.1. The normalized spacial score (nSPS) is 10.5. The van der Waals surface area contributed by atoms with Crippen LogP contribution in [0.1, 0.15) is 26.3 Å². The van der Waals surface area contributed by atoms with Gasteiger partial charge in [0.1, 0.15) is 12.4 Å². The first kappa shape index (κ1) is 18.3. The second-order valence-electron chi connectivity index (χ2n) is 6.42. The molecule has 0 fully saturated rings. The van der Waals surface area contributed by atoms with Gasteiger partial charge in [-0.2, -0.15) is 0 Å². The first-order valence-electron chi connectivity index (χ1n) is 9.15. The van der Waals surface area contributed by atoms with Crippen LogP contribution in [0.5, 0.6) is 5.75 Å². The van der Waals surface area contributed by atoms with E-state index in [0.29, 0.717) is 11.1 Å². The molecular weight excluding hydrogens is 366 g/mol. The second kappa shape index (κ2) is 8.31. The summed E-state index contributed by atoms with van der Waals surface area (Å²) in [5.41, 5.74) is 7.42. The summed E-state index contributed by atoms with van der Waals surface area (Å²) in [7, 11) is 0. The van der Waals surface area contributed by atoms with Crippen LogP contribution in [0.4, 0.5) is 0 Å². The van der Waals surface area contributed by atoms with Crippen molar-refractivity contribution < 1.29 is 14.3 Å². The van der Waals surface area contributed by atoms with Crippen LogP contribution in [0.2, 0.25) is 0 Å². The SMILES string of the molecule is O=C(NNC(=O)c1c[nH]c2ccccc12)c1ccccc1COc1ccccc1. The predicted molar refractivity (Wildman–Crippen MR) is 110 cm³/mol. The number of carbonyl (C=O) groups is 2. The van der Waals surface area contributed by atoms with E-state index in [2.05, 4.69) is 15.8 Å². The van der Waals surface area contributed by atoms with E-state index < -0.39 is 11.8 Å². The lowest BCUT2D eigenvalue weighted by Gasteiger charge is -2.12. The van der Waals surface area contributed by atoms with Crippen molar-refractivity contribution in [3.05, 3.63) is 102 Å². The van der Waals surface area contributed by atoms with Gasteiger partial charge in [0.25, 0.3) is 11.8 Å². The number of H-pyrrole nitrogens is 1. The van der Waals surface area contributed by atoms with E-state index in [1.165, 1.54) is 0 Å². The molecule has 0 bridgehead atoms. The van der Waals surface area contributed by atoms with Gasteiger partial charge in [0.2, 0.25) is 0 Å². The van der Waals surface area contributed by atoms with Crippen molar-refractivity contribution in [1.29, 1.82) is 0 Å². The molecule has 0 aliphatic heterocycles. The van der Waals surface area contributed by atoms with Gasteiger partial charge in [-0.05, 0) is 24.3 Å².